The molecule has 0 aliphatic heterocycles. The Bertz CT molecular complexity index is 817. The number of fused-ring (bicyclic) bond motifs is 1. The van der Waals surface area contributed by atoms with E-state index < -0.39 is 4.92 Å². The highest BCUT2D eigenvalue weighted by Gasteiger charge is 2.07. The lowest BCUT2D eigenvalue weighted by Crippen LogP contribution is -2.03. The lowest BCUT2D eigenvalue weighted by molar-refractivity contribution is -0.384. The van der Waals surface area contributed by atoms with Crippen molar-refractivity contribution in [1.82, 2.24) is 14.4 Å². The van der Waals surface area contributed by atoms with Crippen molar-refractivity contribution in [2.24, 2.45) is 0 Å². The minimum Gasteiger partial charge on any atom is -0.379 e. The van der Waals surface area contributed by atoms with Gasteiger partial charge in [-0.15, -0.1) is 0 Å². The van der Waals surface area contributed by atoms with E-state index in [1.165, 1.54) is 12.1 Å². The van der Waals surface area contributed by atoms with Crippen LogP contribution in [0.5, 0.6) is 0 Å². The Morgan fingerprint density at radius 1 is 1.33 bits per heavy atom. The van der Waals surface area contributed by atoms with E-state index in [2.05, 4.69) is 31.2 Å². The minimum atomic E-state index is -0.415. The molecule has 0 unspecified atom stereocenters. The summed E-state index contributed by atoms with van der Waals surface area (Å²) in [6, 6.07) is 6.39. The Morgan fingerprint density at radius 2 is 2.19 bits per heavy atom. The van der Waals surface area contributed by atoms with Crippen LogP contribution in [0.2, 0.25) is 0 Å². The SMILES string of the molecule is O=[N+]([O-])c1cccc(NCc2cnc3cnc(Br)cn23)c1. The van der Waals surface area contributed by atoms with E-state index in [0.717, 1.165) is 11.3 Å². The Kier molecular flexibility index (Phi) is 3.53. The quantitative estimate of drug-likeness (QED) is 0.579. The Morgan fingerprint density at radius 3 is 3.00 bits per heavy atom. The second kappa shape index (κ2) is 5.49. The molecule has 0 atom stereocenters. The van der Waals surface area contributed by atoms with Gasteiger partial charge in [0.15, 0.2) is 5.65 Å². The number of aromatic nitrogens is 3. The van der Waals surface area contributed by atoms with E-state index in [-0.39, 0.29) is 5.69 Å². The van der Waals surface area contributed by atoms with Gasteiger partial charge in [-0.2, -0.15) is 0 Å². The highest BCUT2D eigenvalue weighted by atomic mass is 79.9. The van der Waals surface area contributed by atoms with Crippen LogP contribution in [0.3, 0.4) is 0 Å². The third-order valence-corrected chi connectivity index (χ3v) is 3.38. The summed E-state index contributed by atoms with van der Waals surface area (Å²) in [6.07, 6.45) is 5.24. The summed E-state index contributed by atoms with van der Waals surface area (Å²) in [5.41, 5.74) is 2.42. The fourth-order valence-corrected chi connectivity index (χ4v) is 2.28. The Balaban J connectivity index is 1.82. The van der Waals surface area contributed by atoms with E-state index in [9.17, 15) is 10.1 Å². The molecule has 21 heavy (non-hydrogen) atoms. The van der Waals surface area contributed by atoms with E-state index in [4.69, 9.17) is 0 Å². The van der Waals surface area contributed by atoms with Crippen LogP contribution in [0.15, 0.2) is 47.5 Å². The largest absolute Gasteiger partial charge is 0.379 e. The predicted octanol–water partition coefficient (Wildman–Crippen LogP) is 3.01. The van der Waals surface area contributed by atoms with Crippen LogP contribution < -0.4 is 5.32 Å². The number of nitro groups is 1. The monoisotopic (exact) mass is 347 g/mol. The van der Waals surface area contributed by atoms with Gasteiger partial charge in [0.2, 0.25) is 0 Å². The number of benzene rings is 1. The zero-order chi connectivity index (χ0) is 14.8. The predicted molar refractivity (Wildman–Crippen MR) is 81.1 cm³/mol. The van der Waals surface area contributed by atoms with Crippen molar-refractivity contribution in [2.45, 2.75) is 6.54 Å². The Hall–Kier alpha value is -2.48. The van der Waals surface area contributed by atoms with Crippen LogP contribution in [0, 0.1) is 10.1 Å². The number of nitro benzene ring substituents is 1. The van der Waals surface area contributed by atoms with Crippen molar-refractivity contribution in [1.29, 1.82) is 0 Å². The van der Waals surface area contributed by atoms with Gasteiger partial charge in [-0.25, -0.2) is 9.97 Å². The summed E-state index contributed by atoms with van der Waals surface area (Å²) < 4.78 is 2.62. The highest BCUT2D eigenvalue weighted by Crippen LogP contribution is 2.18. The number of nitrogens with zero attached hydrogens (tertiary/aromatic N) is 4. The minimum absolute atomic E-state index is 0.0603. The summed E-state index contributed by atoms with van der Waals surface area (Å²) >= 11 is 3.32. The number of imidazole rings is 1. The third kappa shape index (κ3) is 2.84. The average molecular weight is 348 g/mol. The summed E-state index contributed by atoms with van der Waals surface area (Å²) in [7, 11) is 0. The first kappa shape index (κ1) is 13.5. The zero-order valence-electron chi connectivity index (χ0n) is 10.7. The van der Waals surface area contributed by atoms with Gasteiger partial charge in [-0.1, -0.05) is 6.07 Å². The van der Waals surface area contributed by atoms with Crippen LogP contribution in [0.25, 0.3) is 5.65 Å². The van der Waals surface area contributed by atoms with Gasteiger partial charge >= 0.3 is 0 Å². The summed E-state index contributed by atoms with van der Waals surface area (Å²) in [6.45, 7) is 0.499. The molecule has 1 aromatic carbocycles. The van der Waals surface area contributed by atoms with Gasteiger partial charge in [0.05, 0.1) is 29.6 Å². The van der Waals surface area contributed by atoms with Gasteiger partial charge in [0, 0.05) is 24.0 Å². The van der Waals surface area contributed by atoms with Crippen molar-refractivity contribution in [3.05, 3.63) is 63.3 Å². The van der Waals surface area contributed by atoms with Crippen molar-refractivity contribution in [3.8, 4) is 0 Å². The van der Waals surface area contributed by atoms with Crippen molar-refractivity contribution >= 4 is 33.0 Å². The number of rotatable bonds is 4. The number of non-ortho nitro benzene ring substituents is 1. The lowest BCUT2D eigenvalue weighted by Gasteiger charge is -2.06. The van der Waals surface area contributed by atoms with Crippen LogP contribution in [-0.4, -0.2) is 19.3 Å². The number of nitrogens with one attached hydrogen (secondary N) is 1. The van der Waals surface area contributed by atoms with Gasteiger partial charge < -0.3 is 5.32 Å². The Labute approximate surface area is 127 Å². The van der Waals surface area contributed by atoms with E-state index in [0.29, 0.717) is 16.8 Å². The first-order valence-corrected chi connectivity index (χ1v) is 6.88. The molecule has 0 radical (unpaired) electrons. The molecule has 0 saturated heterocycles. The van der Waals surface area contributed by atoms with Crippen LogP contribution in [0.4, 0.5) is 11.4 Å². The second-order valence-corrected chi connectivity index (χ2v) is 5.16. The van der Waals surface area contributed by atoms with Gasteiger partial charge in [0.1, 0.15) is 4.60 Å². The fraction of sp³-hybridized carbons (Fsp3) is 0.0769. The normalized spacial score (nSPS) is 10.7. The summed E-state index contributed by atoms with van der Waals surface area (Å²) in [4.78, 5) is 18.7. The molecule has 7 nitrogen and oxygen atoms in total. The highest BCUT2D eigenvalue weighted by molar-refractivity contribution is 9.10. The molecule has 8 heteroatoms. The van der Waals surface area contributed by atoms with Crippen LogP contribution >= 0.6 is 15.9 Å². The number of anilines is 1. The summed E-state index contributed by atoms with van der Waals surface area (Å²) in [5, 5.41) is 13.9. The first-order chi connectivity index (χ1) is 10.1. The van der Waals surface area contributed by atoms with E-state index in [1.807, 2.05) is 10.6 Å². The average Bonchev–Trinajstić information content (AvgIpc) is 2.87. The van der Waals surface area contributed by atoms with Crippen molar-refractivity contribution in [2.75, 3.05) is 5.32 Å². The third-order valence-electron chi connectivity index (χ3n) is 2.97. The van der Waals surface area contributed by atoms with Gasteiger partial charge in [0.25, 0.3) is 5.69 Å². The molecule has 0 amide bonds. The fourth-order valence-electron chi connectivity index (χ4n) is 1.97. The number of hydrogen-bond acceptors (Lipinski definition) is 5. The molecule has 3 aromatic rings. The maximum atomic E-state index is 10.7. The number of halogens is 1. The molecular formula is C13H10BrN5O2. The standard InChI is InChI=1S/C13H10BrN5O2/c14-12-8-18-11(6-17-13(18)7-16-12)5-15-9-2-1-3-10(4-9)19(20)21/h1-4,6-8,15H,5H2. The van der Waals surface area contributed by atoms with Gasteiger partial charge in [-0.05, 0) is 22.0 Å². The first-order valence-electron chi connectivity index (χ1n) is 6.09. The molecule has 0 aliphatic carbocycles. The molecule has 0 spiro atoms. The molecule has 0 aliphatic rings. The maximum absolute atomic E-state index is 10.7. The number of hydrogen-bond donors (Lipinski definition) is 1. The van der Waals surface area contributed by atoms with Crippen molar-refractivity contribution in [3.63, 3.8) is 0 Å². The van der Waals surface area contributed by atoms with Crippen LogP contribution in [-0.2, 0) is 6.54 Å². The molecule has 2 aromatic heterocycles. The summed E-state index contributed by atoms with van der Waals surface area (Å²) in [5.74, 6) is 0. The second-order valence-electron chi connectivity index (χ2n) is 4.35. The molecule has 3 rings (SSSR count). The van der Waals surface area contributed by atoms with Crippen LogP contribution in [0.1, 0.15) is 5.69 Å². The molecule has 0 saturated carbocycles. The van der Waals surface area contributed by atoms with E-state index >= 15 is 0 Å². The molecule has 0 fully saturated rings. The molecular weight excluding hydrogens is 338 g/mol. The lowest BCUT2D eigenvalue weighted by atomic mass is 10.3. The molecule has 2 heterocycles. The molecule has 1 N–H and O–H groups in total. The smallest absolute Gasteiger partial charge is 0.271 e. The topological polar surface area (TPSA) is 85.4 Å². The zero-order valence-corrected chi connectivity index (χ0v) is 12.3. The van der Waals surface area contributed by atoms with Crippen molar-refractivity contribution < 1.29 is 4.92 Å². The molecule has 0 bridgehead atoms. The maximum Gasteiger partial charge on any atom is 0.271 e. The molecule has 106 valence electrons. The van der Waals surface area contributed by atoms with E-state index in [1.54, 1.807) is 24.5 Å². The van der Waals surface area contributed by atoms with Gasteiger partial charge in [-0.3, -0.25) is 14.5 Å².